The maximum Gasteiger partial charge on any atom is 0.119 e. The maximum atomic E-state index is 8.36. The number of nitrogens with zero attached hydrogens (tertiary/aromatic N) is 1. The predicted molar refractivity (Wildman–Crippen MR) is 68.8 cm³/mol. The molecule has 0 saturated carbocycles. The molecule has 16 heavy (non-hydrogen) atoms. The zero-order valence-electron chi connectivity index (χ0n) is 9.61. The Morgan fingerprint density at radius 2 is 2.25 bits per heavy atom. The predicted octanol–water partition coefficient (Wildman–Crippen LogP) is 3.41. The van der Waals surface area contributed by atoms with Crippen molar-refractivity contribution in [1.29, 1.82) is 5.26 Å². The fourth-order valence-electron chi connectivity index (χ4n) is 1.28. The molecule has 0 radical (unpaired) electrons. The molecule has 2 nitrogen and oxygen atoms in total. The summed E-state index contributed by atoms with van der Waals surface area (Å²) in [4.78, 5) is 0. The summed E-state index contributed by atoms with van der Waals surface area (Å²) in [6.45, 7) is 2.80. The summed E-state index contributed by atoms with van der Waals surface area (Å²) in [6, 6.07) is 10.2. The van der Waals surface area contributed by atoms with Crippen molar-refractivity contribution >= 4 is 11.8 Å². The first kappa shape index (κ1) is 12.9. The van der Waals surface area contributed by atoms with E-state index in [-0.39, 0.29) is 0 Å². The minimum Gasteiger partial charge on any atom is -0.493 e. The third kappa shape index (κ3) is 5.67. The van der Waals surface area contributed by atoms with Crippen LogP contribution in [0.5, 0.6) is 5.75 Å². The molecule has 0 aliphatic carbocycles. The Morgan fingerprint density at radius 3 is 3.00 bits per heavy atom. The second-order valence-corrected chi connectivity index (χ2v) is 4.76. The smallest absolute Gasteiger partial charge is 0.119 e. The van der Waals surface area contributed by atoms with Crippen molar-refractivity contribution in [3.63, 3.8) is 0 Å². The van der Waals surface area contributed by atoms with E-state index in [1.165, 1.54) is 5.56 Å². The van der Waals surface area contributed by atoms with Crippen molar-refractivity contribution in [2.24, 2.45) is 0 Å². The summed E-state index contributed by atoms with van der Waals surface area (Å²) in [5.74, 6) is 2.97. The number of rotatable bonds is 7. The van der Waals surface area contributed by atoms with Crippen molar-refractivity contribution in [2.75, 3.05) is 18.1 Å². The van der Waals surface area contributed by atoms with Crippen LogP contribution < -0.4 is 4.74 Å². The summed E-state index contributed by atoms with van der Waals surface area (Å²) < 4.78 is 5.61. The van der Waals surface area contributed by atoms with Crippen LogP contribution in [0.25, 0.3) is 0 Å². The molecule has 1 aromatic carbocycles. The first-order valence-corrected chi connectivity index (χ1v) is 6.62. The SMILES string of the molecule is Cc1cccc(OCCSCCCC#N)c1. The van der Waals surface area contributed by atoms with Crippen molar-refractivity contribution in [2.45, 2.75) is 19.8 Å². The Morgan fingerprint density at radius 1 is 1.38 bits per heavy atom. The van der Waals surface area contributed by atoms with Crippen LogP contribution in [0.3, 0.4) is 0 Å². The van der Waals surface area contributed by atoms with Crippen LogP contribution in [-0.2, 0) is 0 Å². The van der Waals surface area contributed by atoms with Gasteiger partial charge in [-0.15, -0.1) is 0 Å². The molecule has 0 heterocycles. The molecular weight excluding hydrogens is 218 g/mol. The molecule has 0 fully saturated rings. The number of unbranched alkanes of at least 4 members (excludes halogenated alkanes) is 1. The zero-order valence-corrected chi connectivity index (χ0v) is 10.4. The van der Waals surface area contributed by atoms with Gasteiger partial charge in [0.15, 0.2) is 0 Å². The molecule has 0 N–H and O–H groups in total. The fraction of sp³-hybridized carbons (Fsp3) is 0.462. The van der Waals surface area contributed by atoms with E-state index in [0.29, 0.717) is 6.42 Å². The van der Waals surface area contributed by atoms with Crippen molar-refractivity contribution in [1.82, 2.24) is 0 Å². The van der Waals surface area contributed by atoms with Gasteiger partial charge in [0.25, 0.3) is 0 Å². The van der Waals surface area contributed by atoms with Gasteiger partial charge in [0.1, 0.15) is 5.75 Å². The highest BCUT2D eigenvalue weighted by Gasteiger charge is 1.94. The fourth-order valence-corrected chi connectivity index (χ4v) is 2.03. The molecule has 1 rings (SSSR count). The molecule has 0 atom stereocenters. The summed E-state index contributed by atoms with van der Waals surface area (Å²) in [6.07, 6.45) is 1.64. The largest absolute Gasteiger partial charge is 0.493 e. The van der Waals surface area contributed by atoms with Crippen molar-refractivity contribution < 1.29 is 4.74 Å². The van der Waals surface area contributed by atoms with Gasteiger partial charge in [-0.2, -0.15) is 17.0 Å². The molecule has 0 amide bonds. The normalized spacial score (nSPS) is 9.75. The highest BCUT2D eigenvalue weighted by atomic mass is 32.2. The molecule has 86 valence electrons. The highest BCUT2D eigenvalue weighted by molar-refractivity contribution is 7.99. The minimum atomic E-state index is 0.658. The van der Waals surface area contributed by atoms with Gasteiger partial charge < -0.3 is 4.74 Å². The molecular formula is C13H17NOS. The lowest BCUT2D eigenvalue weighted by Gasteiger charge is -2.06. The third-order valence-electron chi connectivity index (χ3n) is 2.06. The van der Waals surface area contributed by atoms with Gasteiger partial charge in [-0.1, -0.05) is 12.1 Å². The highest BCUT2D eigenvalue weighted by Crippen LogP contribution is 2.13. The lowest BCUT2D eigenvalue weighted by molar-refractivity contribution is 0.343. The quantitative estimate of drug-likeness (QED) is 0.679. The van der Waals surface area contributed by atoms with Gasteiger partial charge in [0.05, 0.1) is 12.7 Å². The first-order chi connectivity index (χ1) is 7.83. The summed E-state index contributed by atoms with van der Waals surface area (Å²) in [5, 5.41) is 8.36. The lowest BCUT2D eigenvalue weighted by atomic mass is 10.2. The molecule has 0 aromatic heterocycles. The van der Waals surface area contributed by atoms with Crippen molar-refractivity contribution in [3.8, 4) is 11.8 Å². The summed E-state index contributed by atoms with van der Waals surface area (Å²) >= 11 is 1.84. The van der Waals surface area contributed by atoms with Crippen LogP contribution in [0.15, 0.2) is 24.3 Å². The van der Waals surface area contributed by atoms with Gasteiger partial charge in [-0.25, -0.2) is 0 Å². The van der Waals surface area contributed by atoms with E-state index < -0.39 is 0 Å². The van der Waals surface area contributed by atoms with Crippen LogP contribution in [0.2, 0.25) is 0 Å². The van der Waals surface area contributed by atoms with Crippen LogP contribution in [-0.4, -0.2) is 18.1 Å². The average Bonchev–Trinajstić information content (AvgIpc) is 2.28. The Bertz CT molecular complexity index is 346. The molecule has 0 unspecified atom stereocenters. The van der Waals surface area contributed by atoms with Crippen LogP contribution >= 0.6 is 11.8 Å². The molecule has 0 aliphatic rings. The van der Waals surface area contributed by atoms with E-state index in [1.54, 1.807) is 0 Å². The number of hydrogen-bond donors (Lipinski definition) is 0. The number of ether oxygens (including phenoxy) is 1. The number of hydrogen-bond acceptors (Lipinski definition) is 3. The summed E-state index contributed by atoms with van der Waals surface area (Å²) in [5.41, 5.74) is 1.22. The van der Waals surface area contributed by atoms with Gasteiger partial charge in [-0.3, -0.25) is 0 Å². The number of aryl methyl sites for hydroxylation is 1. The second kappa shape index (κ2) is 8.06. The first-order valence-electron chi connectivity index (χ1n) is 5.47. The zero-order chi connectivity index (χ0) is 11.6. The molecule has 0 spiro atoms. The Kier molecular flexibility index (Phi) is 6.52. The van der Waals surface area contributed by atoms with Crippen molar-refractivity contribution in [3.05, 3.63) is 29.8 Å². The number of benzene rings is 1. The summed E-state index contributed by atoms with van der Waals surface area (Å²) in [7, 11) is 0. The van der Waals surface area contributed by atoms with Gasteiger partial charge in [0, 0.05) is 12.2 Å². The van der Waals surface area contributed by atoms with Gasteiger partial charge in [-0.05, 0) is 36.8 Å². The third-order valence-corrected chi connectivity index (χ3v) is 3.10. The molecule has 0 aliphatic heterocycles. The van der Waals surface area contributed by atoms with Gasteiger partial charge >= 0.3 is 0 Å². The van der Waals surface area contributed by atoms with E-state index in [2.05, 4.69) is 19.1 Å². The van der Waals surface area contributed by atoms with E-state index in [4.69, 9.17) is 10.00 Å². The standard InChI is InChI=1S/C13H17NOS/c1-12-5-4-6-13(11-12)15-8-10-16-9-3-2-7-14/h4-6,11H,2-3,8-10H2,1H3. The van der Waals surface area contributed by atoms with Crippen LogP contribution in [0.4, 0.5) is 0 Å². The molecule has 3 heteroatoms. The topological polar surface area (TPSA) is 33.0 Å². The molecule has 0 bridgehead atoms. The van der Waals surface area contributed by atoms with Crippen LogP contribution in [0.1, 0.15) is 18.4 Å². The number of nitriles is 1. The second-order valence-electron chi connectivity index (χ2n) is 3.54. The van der Waals surface area contributed by atoms with Crippen LogP contribution in [0, 0.1) is 18.3 Å². The number of thioether (sulfide) groups is 1. The Labute approximate surface area is 102 Å². The maximum absolute atomic E-state index is 8.36. The Balaban J connectivity index is 2.05. The minimum absolute atomic E-state index is 0.658. The van der Waals surface area contributed by atoms with Gasteiger partial charge in [0.2, 0.25) is 0 Å². The lowest BCUT2D eigenvalue weighted by Crippen LogP contribution is -2.00. The Hall–Kier alpha value is -1.14. The molecule has 1 aromatic rings. The van der Waals surface area contributed by atoms with E-state index in [0.717, 1.165) is 30.3 Å². The average molecular weight is 235 g/mol. The monoisotopic (exact) mass is 235 g/mol. The van der Waals surface area contributed by atoms with E-state index >= 15 is 0 Å². The molecule has 0 saturated heterocycles. The van der Waals surface area contributed by atoms with E-state index in [1.807, 2.05) is 30.0 Å². The van der Waals surface area contributed by atoms with E-state index in [9.17, 15) is 0 Å².